The molecule has 18 heavy (non-hydrogen) atoms. The van der Waals surface area contributed by atoms with E-state index in [1.54, 1.807) is 6.07 Å². The molecule has 1 aromatic heterocycles. The van der Waals surface area contributed by atoms with Crippen molar-refractivity contribution in [2.45, 2.75) is 26.2 Å². The molecular weight excluding hydrogens is 252 g/mol. The Kier molecular flexibility index (Phi) is 6.15. The third-order valence-electron chi connectivity index (χ3n) is 3.18. The number of aromatic amines is 1. The second-order valence-corrected chi connectivity index (χ2v) is 4.69. The standard InChI is InChI=1S/C12H20N4O.ClH/c1-9-7-11(16-15-9)12(17)14-6-4-10-3-2-5-13-8-10;/h7,10,13H,2-6,8H2,1H3,(H,14,17)(H,15,16);1H. The molecule has 3 N–H and O–H groups in total. The van der Waals surface area contributed by atoms with Crippen molar-refractivity contribution in [2.75, 3.05) is 19.6 Å². The maximum atomic E-state index is 11.7. The molecule has 1 unspecified atom stereocenters. The van der Waals surface area contributed by atoms with Crippen LogP contribution in [0.2, 0.25) is 0 Å². The summed E-state index contributed by atoms with van der Waals surface area (Å²) in [5.41, 5.74) is 1.39. The maximum Gasteiger partial charge on any atom is 0.271 e. The maximum absolute atomic E-state index is 11.7. The minimum Gasteiger partial charge on any atom is -0.351 e. The van der Waals surface area contributed by atoms with Gasteiger partial charge in [0.25, 0.3) is 5.91 Å². The largest absolute Gasteiger partial charge is 0.351 e. The third kappa shape index (κ3) is 4.31. The summed E-state index contributed by atoms with van der Waals surface area (Å²) in [6.07, 6.45) is 3.56. The number of aromatic nitrogens is 2. The van der Waals surface area contributed by atoms with Crippen molar-refractivity contribution in [2.24, 2.45) is 5.92 Å². The highest BCUT2D eigenvalue weighted by atomic mass is 35.5. The van der Waals surface area contributed by atoms with Gasteiger partial charge < -0.3 is 10.6 Å². The molecule has 2 heterocycles. The van der Waals surface area contributed by atoms with Crippen LogP contribution in [0, 0.1) is 12.8 Å². The lowest BCUT2D eigenvalue weighted by Crippen LogP contribution is -2.33. The SMILES string of the molecule is Cc1cc(C(=O)NCCC2CCCNC2)n[nH]1.Cl. The zero-order chi connectivity index (χ0) is 12.1. The first-order valence-electron chi connectivity index (χ1n) is 6.26. The molecule has 0 spiro atoms. The fraction of sp³-hybridized carbons (Fsp3) is 0.667. The molecule has 0 aromatic carbocycles. The van der Waals surface area contributed by atoms with Gasteiger partial charge in [0.1, 0.15) is 5.69 Å². The van der Waals surface area contributed by atoms with Crippen molar-refractivity contribution in [3.05, 3.63) is 17.5 Å². The first-order valence-corrected chi connectivity index (χ1v) is 6.26. The third-order valence-corrected chi connectivity index (χ3v) is 3.18. The molecule has 1 fully saturated rings. The summed E-state index contributed by atoms with van der Waals surface area (Å²) < 4.78 is 0. The lowest BCUT2D eigenvalue weighted by molar-refractivity contribution is 0.0945. The summed E-state index contributed by atoms with van der Waals surface area (Å²) in [6.45, 7) is 4.83. The quantitative estimate of drug-likeness (QED) is 0.773. The number of rotatable bonds is 4. The van der Waals surface area contributed by atoms with Crippen LogP contribution >= 0.6 is 12.4 Å². The van der Waals surface area contributed by atoms with E-state index in [9.17, 15) is 4.79 Å². The number of nitrogens with zero attached hydrogens (tertiary/aromatic N) is 1. The predicted octanol–water partition coefficient (Wildman–Crippen LogP) is 1.26. The van der Waals surface area contributed by atoms with Crippen LogP contribution in [0.25, 0.3) is 0 Å². The molecule has 1 atom stereocenters. The summed E-state index contributed by atoms with van der Waals surface area (Å²) >= 11 is 0. The van der Waals surface area contributed by atoms with Crippen molar-refractivity contribution >= 4 is 18.3 Å². The normalized spacial score (nSPS) is 19.1. The average Bonchev–Trinajstić information content (AvgIpc) is 2.77. The lowest BCUT2D eigenvalue weighted by atomic mass is 9.96. The van der Waals surface area contributed by atoms with Gasteiger partial charge in [0.05, 0.1) is 0 Å². The number of carbonyl (C=O) groups is 1. The zero-order valence-electron chi connectivity index (χ0n) is 10.7. The summed E-state index contributed by atoms with van der Waals surface area (Å²) in [5.74, 6) is 0.614. The van der Waals surface area contributed by atoms with Gasteiger partial charge in [-0.25, -0.2) is 0 Å². The van der Waals surface area contributed by atoms with E-state index < -0.39 is 0 Å². The minimum absolute atomic E-state index is 0. The number of hydrogen-bond donors (Lipinski definition) is 3. The summed E-state index contributed by atoms with van der Waals surface area (Å²) in [7, 11) is 0. The molecule has 1 amide bonds. The number of nitrogens with one attached hydrogen (secondary N) is 3. The Morgan fingerprint density at radius 1 is 1.61 bits per heavy atom. The number of hydrogen-bond acceptors (Lipinski definition) is 3. The molecule has 1 saturated heterocycles. The van der Waals surface area contributed by atoms with Crippen LogP contribution in [0.1, 0.15) is 35.4 Å². The van der Waals surface area contributed by atoms with E-state index in [0.29, 0.717) is 11.6 Å². The molecule has 0 radical (unpaired) electrons. The first kappa shape index (κ1) is 15.0. The van der Waals surface area contributed by atoms with Gasteiger partial charge in [-0.1, -0.05) is 0 Å². The van der Waals surface area contributed by atoms with Crippen LogP contribution in [-0.4, -0.2) is 35.7 Å². The van der Waals surface area contributed by atoms with Crippen molar-refractivity contribution in [3.8, 4) is 0 Å². The van der Waals surface area contributed by atoms with E-state index in [0.717, 1.165) is 31.7 Å². The van der Waals surface area contributed by atoms with Crippen LogP contribution in [0.3, 0.4) is 0 Å². The molecule has 0 bridgehead atoms. The molecule has 0 aliphatic carbocycles. The van der Waals surface area contributed by atoms with Gasteiger partial charge in [0, 0.05) is 12.2 Å². The second kappa shape index (κ2) is 7.38. The Hall–Kier alpha value is -1.07. The van der Waals surface area contributed by atoms with Crippen LogP contribution < -0.4 is 10.6 Å². The summed E-state index contributed by atoms with van der Waals surface area (Å²) in [6, 6.07) is 1.76. The fourth-order valence-electron chi connectivity index (χ4n) is 2.19. The number of amides is 1. The van der Waals surface area contributed by atoms with E-state index in [-0.39, 0.29) is 18.3 Å². The van der Waals surface area contributed by atoms with Gasteiger partial charge in [0.2, 0.25) is 0 Å². The Morgan fingerprint density at radius 2 is 2.44 bits per heavy atom. The molecule has 1 aliphatic heterocycles. The monoisotopic (exact) mass is 272 g/mol. The molecule has 2 rings (SSSR count). The van der Waals surface area contributed by atoms with Gasteiger partial charge in [-0.2, -0.15) is 5.10 Å². The van der Waals surface area contributed by atoms with E-state index in [1.807, 2.05) is 6.92 Å². The van der Waals surface area contributed by atoms with E-state index >= 15 is 0 Å². The predicted molar refractivity (Wildman–Crippen MR) is 73.1 cm³/mol. The molecule has 0 saturated carbocycles. The second-order valence-electron chi connectivity index (χ2n) is 4.69. The summed E-state index contributed by atoms with van der Waals surface area (Å²) in [5, 5.41) is 13.0. The molecule has 1 aromatic rings. The molecule has 5 nitrogen and oxygen atoms in total. The van der Waals surface area contributed by atoms with E-state index in [1.165, 1.54) is 12.8 Å². The average molecular weight is 273 g/mol. The van der Waals surface area contributed by atoms with Gasteiger partial charge in [-0.3, -0.25) is 9.89 Å². The van der Waals surface area contributed by atoms with Gasteiger partial charge in [-0.15, -0.1) is 12.4 Å². The molecule has 1 aliphatic rings. The van der Waals surface area contributed by atoms with Crippen molar-refractivity contribution in [1.82, 2.24) is 20.8 Å². The van der Waals surface area contributed by atoms with Crippen LogP contribution in [0.15, 0.2) is 6.07 Å². The van der Waals surface area contributed by atoms with E-state index in [4.69, 9.17) is 0 Å². The number of H-pyrrole nitrogens is 1. The summed E-state index contributed by atoms with van der Waals surface area (Å²) in [4.78, 5) is 11.7. The highest BCUT2D eigenvalue weighted by Gasteiger charge is 2.13. The number of halogens is 1. The Bertz CT molecular complexity index is 374. The van der Waals surface area contributed by atoms with Gasteiger partial charge >= 0.3 is 0 Å². The van der Waals surface area contributed by atoms with Crippen molar-refractivity contribution < 1.29 is 4.79 Å². The van der Waals surface area contributed by atoms with Crippen LogP contribution in [-0.2, 0) is 0 Å². The Morgan fingerprint density at radius 3 is 3.06 bits per heavy atom. The highest BCUT2D eigenvalue weighted by Crippen LogP contribution is 2.12. The van der Waals surface area contributed by atoms with Crippen molar-refractivity contribution in [1.29, 1.82) is 0 Å². The Balaban J connectivity index is 0.00000162. The molecular formula is C12H21ClN4O. The first-order chi connectivity index (χ1) is 8.25. The van der Waals surface area contributed by atoms with E-state index in [2.05, 4.69) is 20.8 Å². The highest BCUT2D eigenvalue weighted by molar-refractivity contribution is 5.92. The number of aryl methyl sites for hydroxylation is 1. The van der Waals surface area contributed by atoms with Gasteiger partial charge in [-0.05, 0) is 51.3 Å². The van der Waals surface area contributed by atoms with Gasteiger partial charge in [0.15, 0.2) is 0 Å². The Labute approximate surface area is 114 Å². The molecule has 102 valence electrons. The number of piperidine rings is 1. The minimum atomic E-state index is -0.0851. The van der Waals surface area contributed by atoms with Crippen LogP contribution in [0.5, 0.6) is 0 Å². The topological polar surface area (TPSA) is 69.8 Å². The molecule has 6 heteroatoms. The fourth-order valence-corrected chi connectivity index (χ4v) is 2.19. The van der Waals surface area contributed by atoms with Crippen molar-refractivity contribution in [3.63, 3.8) is 0 Å². The lowest BCUT2D eigenvalue weighted by Gasteiger charge is -2.22. The smallest absolute Gasteiger partial charge is 0.271 e. The number of carbonyl (C=O) groups excluding carboxylic acids is 1. The zero-order valence-corrected chi connectivity index (χ0v) is 11.5. The van der Waals surface area contributed by atoms with Crippen LogP contribution in [0.4, 0.5) is 0 Å².